The van der Waals surface area contributed by atoms with Crippen molar-refractivity contribution < 1.29 is 14.4 Å². The van der Waals surface area contributed by atoms with Gasteiger partial charge in [-0.25, -0.2) is 0 Å². The van der Waals surface area contributed by atoms with Crippen molar-refractivity contribution in [1.29, 1.82) is 0 Å². The van der Waals surface area contributed by atoms with Crippen molar-refractivity contribution in [1.82, 2.24) is 10.6 Å². The fourth-order valence-corrected chi connectivity index (χ4v) is 2.39. The summed E-state index contributed by atoms with van der Waals surface area (Å²) >= 11 is 3.31. The molecule has 0 aliphatic heterocycles. The summed E-state index contributed by atoms with van der Waals surface area (Å²) in [7, 11) is 1.53. The van der Waals surface area contributed by atoms with Crippen LogP contribution in [0.25, 0.3) is 0 Å². The Kier molecular flexibility index (Phi) is 6.71. The van der Waals surface area contributed by atoms with E-state index in [0.29, 0.717) is 16.8 Å². The zero-order valence-corrected chi connectivity index (χ0v) is 15.2. The average Bonchev–Trinajstić information content (AvgIpc) is 2.62. The van der Waals surface area contributed by atoms with E-state index in [-0.39, 0.29) is 30.7 Å². The van der Waals surface area contributed by atoms with Gasteiger partial charge in [-0.05, 0) is 36.4 Å². The van der Waals surface area contributed by atoms with Gasteiger partial charge in [0.15, 0.2) is 0 Å². The highest BCUT2D eigenvalue weighted by Gasteiger charge is 2.12. The van der Waals surface area contributed by atoms with Gasteiger partial charge in [0.25, 0.3) is 11.8 Å². The number of nitrogens with one attached hydrogen (secondary N) is 3. The third kappa shape index (κ3) is 5.42. The van der Waals surface area contributed by atoms with Crippen LogP contribution < -0.4 is 16.0 Å². The topological polar surface area (TPSA) is 87.3 Å². The van der Waals surface area contributed by atoms with Gasteiger partial charge in [-0.3, -0.25) is 14.4 Å². The zero-order chi connectivity index (χ0) is 18.2. The van der Waals surface area contributed by atoms with Crippen molar-refractivity contribution in [3.8, 4) is 0 Å². The Bertz CT molecular complexity index is 775. The molecular weight excluding hydrogens is 386 g/mol. The maximum absolute atomic E-state index is 12.0. The molecule has 0 spiro atoms. The number of anilines is 1. The normalized spacial score (nSPS) is 10.0. The quantitative estimate of drug-likeness (QED) is 0.692. The second-order valence-electron chi connectivity index (χ2n) is 5.19. The van der Waals surface area contributed by atoms with Crippen LogP contribution in [-0.4, -0.2) is 31.3 Å². The first kappa shape index (κ1) is 18.7. The first-order chi connectivity index (χ1) is 12.0. The number of carbonyl (C=O) groups excluding carboxylic acids is 3. The van der Waals surface area contributed by atoms with E-state index in [9.17, 15) is 14.4 Å². The number of halogens is 1. The van der Waals surface area contributed by atoms with Crippen LogP contribution in [0.1, 0.15) is 27.1 Å². The molecular formula is C18H18BrN3O3. The Morgan fingerprint density at radius 2 is 1.64 bits per heavy atom. The number of amides is 3. The Morgan fingerprint density at radius 3 is 2.32 bits per heavy atom. The smallest absolute Gasteiger partial charge is 0.253 e. The van der Waals surface area contributed by atoms with Gasteiger partial charge in [0.1, 0.15) is 0 Å². The van der Waals surface area contributed by atoms with Crippen molar-refractivity contribution in [3.05, 3.63) is 64.1 Å². The van der Waals surface area contributed by atoms with Crippen LogP contribution >= 0.6 is 15.9 Å². The third-order valence-electron chi connectivity index (χ3n) is 3.42. The first-order valence-corrected chi connectivity index (χ1v) is 8.45. The molecule has 2 aromatic carbocycles. The molecule has 0 heterocycles. The van der Waals surface area contributed by atoms with E-state index in [0.717, 1.165) is 4.47 Å². The molecule has 2 aromatic rings. The molecule has 0 bridgehead atoms. The molecule has 6 nitrogen and oxygen atoms in total. The van der Waals surface area contributed by atoms with Crippen LogP contribution in [0.3, 0.4) is 0 Å². The molecule has 0 unspecified atom stereocenters. The van der Waals surface area contributed by atoms with Crippen LogP contribution in [0.15, 0.2) is 53.0 Å². The van der Waals surface area contributed by atoms with Gasteiger partial charge in [0, 0.05) is 30.0 Å². The van der Waals surface area contributed by atoms with Gasteiger partial charge >= 0.3 is 0 Å². The van der Waals surface area contributed by atoms with Crippen LogP contribution in [0.2, 0.25) is 0 Å². The summed E-state index contributed by atoms with van der Waals surface area (Å²) in [4.78, 5) is 35.8. The highest BCUT2D eigenvalue weighted by molar-refractivity contribution is 9.10. The van der Waals surface area contributed by atoms with Crippen molar-refractivity contribution >= 4 is 39.3 Å². The van der Waals surface area contributed by atoms with E-state index >= 15 is 0 Å². The molecule has 0 saturated heterocycles. The monoisotopic (exact) mass is 403 g/mol. The number of hydrogen-bond acceptors (Lipinski definition) is 3. The summed E-state index contributed by atoms with van der Waals surface area (Å²) in [6.07, 6.45) is 0.102. The van der Waals surface area contributed by atoms with Gasteiger partial charge in [-0.15, -0.1) is 0 Å². The highest BCUT2D eigenvalue weighted by Crippen LogP contribution is 2.15. The molecule has 7 heteroatoms. The van der Waals surface area contributed by atoms with Crippen LogP contribution in [-0.2, 0) is 4.79 Å². The molecule has 25 heavy (non-hydrogen) atoms. The second kappa shape index (κ2) is 8.98. The molecule has 0 atom stereocenters. The van der Waals surface area contributed by atoms with Gasteiger partial charge in [0.2, 0.25) is 5.91 Å². The standard InChI is InChI=1S/C18H18BrN3O3/c1-20-18(25)14-4-2-3-5-15(14)22-16(23)10-11-21-17(24)12-6-8-13(19)9-7-12/h2-9H,10-11H2,1H3,(H,20,25)(H,21,24)(H,22,23). The number of benzene rings is 2. The number of carbonyl (C=O) groups is 3. The zero-order valence-electron chi connectivity index (χ0n) is 13.6. The van der Waals surface area contributed by atoms with Crippen molar-refractivity contribution in [2.45, 2.75) is 6.42 Å². The van der Waals surface area contributed by atoms with Crippen LogP contribution in [0.4, 0.5) is 5.69 Å². The van der Waals surface area contributed by atoms with Crippen molar-refractivity contribution in [2.24, 2.45) is 0 Å². The lowest BCUT2D eigenvalue weighted by atomic mass is 10.1. The number of para-hydroxylation sites is 1. The number of hydrogen-bond donors (Lipinski definition) is 3. The Morgan fingerprint density at radius 1 is 0.960 bits per heavy atom. The lowest BCUT2D eigenvalue weighted by Crippen LogP contribution is -2.28. The lowest BCUT2D eigenvalue weighted by molar-refractivity contribution is -0.116. The van der Waals surface area contributed by atoms with Gasteiger partial charge in [-0.1, -0.05) is 28.1 Å². The molecule has 0 fully saturated rings. The summed E-state index contributed by atoms with van der Waals surface area (Å²) in [5, 5.41) is 7.90. The van der Waals surface area contributed by atoms with E-state index in [2.05, 4.69) is 31.9 Å². The summed E-state index contributed by atoms with van der Waals surface area (Å²) in [5.74, 6) is -0.807. The first-order valence-electron chi connectivity index (χ1n) is 7.66. The summed E-state index contributed by atoms with van der Waals surface area (Å²) in [5.41, 5.74) is 1.34. The molecule has 0 saturated carbocycles. The predicted octanol–water partition coefficient (Wildman–Crippen LogP) is 2.57. The fraction of sp³-hybridized carbons (Fsp3) is 0.167. The molecule has 0 aliphatic carbocycles. The summed E-state index contributed by atoms with van der Waals surface area (Å²) in [6, 6.07) is 13.7. The molecule has 0 aliphatic rings. The van der Waals surface area contributed by atoms with E-state index in [1.54, 1.807) is 48.5 Å². The van der Waals surface area contributed by atoms with E-state index in [4.69, 9.17) is 0 Å². The summed E-state index contributed by atoms with van der Waals surface area (Å²) < 4.78 is 0.887. The van der Waals surface area contributed by atoms with Gasteiger partial charge in [-0.2, -0.15) is 0 Å². The predicted molar refractivity (Wildman–Crippen MR) is 99.6 cm³/mol. The maximum atomic E-state index is 12.0. The Labute approximate surface area is 154 Å². The summed E-state index contributed by atoms with van der Waals surface area (Å²) in [6.45, 7) is 0.197. The average molecular weight is 404 g/mol. The molecule has 3 amide bonds. The van der Waals surface area contributed by atoms with E-state index in [1.807, 2.05) is 0 Å². The van der Waals surface area contributed by atoms with E-state index in [1.165, 1.54) is 7.05 Å². The van der Waals surface area contributed by atoms with Gasteiger partial charge < -0.3 is 16.0 Å². The minimum absolute atomic E-state index is 0.102. The minimum Gasteiger partial charge on any atom is -0.355 e. The van der Waals surface area contributed by atoms with Crippen molar-refractivity contribution in [2.75, 3.05) is 18.9 Å². The lowest BCUT2D eigenvalue weighted by Gasteiger charge is -2.10. The van der Waals surface area contributed by atoms with E-state index < -0.39 is 0 Å². The van der Waals surface area contributed by atoms with Crippen LogP contribution in [0.5, 0.6) is 0 Å². The molecule has 130 valence electrons. The van der Waals surface area contributed by atoms with Gasteiger partial charge in [0.05, 0.1) is 11.3 Å². The second-order valence-corrected chi connectivity index (χ2v) is 6.10. The largest absolute Gasteiger partial charge is 0.355 e. The highest BCUT2D eigenvalue weighted by atomic mass is 79.9. The third-order valence-corrected chi connectivity index (χ3v) is 3.95. The Hall–Kier alpha value is -2.67. The molecule has 0 radical (unpaired) electrons. The maximum Gasteiger partial charge on any atom is 0.253 e. The SMILES string of the molecule is CNC(=O)c1ccccc1NC(=O)CCNC(=O)c1ccc(Br)cc1. The van der Waals surface area contributed by atoms with Crippen LogP contribution in [0, 0.1) is 0 Å². The molecule has 3 N–H and O–H groups in total. The molecule has 0 aromatic heterocycles. The van der Waals surface area contributed by atoms with Crippen molar-refractivity contribution in [3.63, 3.8) is 0 Å². The Balaban J connectivity index is 1.86. The number of rotatable bonds is 6. The molecule has 2 rings (SSSR count). The fourth-order valence-electron chi connectivity index (χ4n) is 2.13. The minimum atomic E-state index is -0.285.